The average Bonchev–Trinajstić information content (AvgIpc) is 3.50. The number of rotatable bonds is 9. The average molecular weight is 548 g/mol. The lowest BCUT2D eigenvalue weighted by Gasteiger charge is -2.23. The number of fused-ring (bicyclic) bond motifs is 1. The van der Waals surface area contributed by atoms with Crippen LogP contribution >= 0.6 is 0 Å². The second-order valence-corrected chi connectivity index (χ2v) is 10.2. The summed E-state index contributed by atoms with van der Waals surface area (Å²) < 4.78 is 54.2. The predicted octanol–water partition coefficient (Wildman–Crippen LogP) is 3.40. The fourth-order valence-electron chi connectivity index (χ4n) is 4.44. The van der Waals surface area contributed by atoms with Gasteiger partial charge >= 0.3 is 6.18 Å². The number of hydrogen-bond acceptors (Lipinski definition) is 7. The summed E-state index contributed by atoms with van der Waals surface area (Å²) in [6, 6.07) is 8.86. The van der Waals surface area contributed by atoms with Crippen LogP contribution in [0.25, 0.3) is 16.9 Å². The number of alkyl halides is 4. The third-order valence-electron chi connectivity index (χ3n) is 6.60. The first kappa shape index (κ1) is 28.3. The first-order valence-corrected chi connectivity index (χ1v) is 12.4. The van der Waals surface area contributed by atoms with E-state index >= 15 is 0 Å². The number of pyridine rings is 1. The van der Waals surface area contributed by atoms with Crippen molar-refractivity contribution >= 4 is 17.1 Å². The Labute approximate surface area is 222 Å². The maximum absolute atomic E-state index is 14.2. The van der Waals surface area contributed by atoms with E-state index in [0.717, 1.165) is 0 Å². The van der Waals surface area contributed by atoms with E-state index in [1.807, 2.05) is 6.07 Å². The van der Waals surface area contributed by atoms with E-state index < -0.39 is 36.9 Å². The Morgan fingerprint density at radius 2 is 2.05 bits per heavy atom. The number of carbonyl (C=O) groups is 1. The highest BCUT2D eigenvalue weighted by Gasteiger charge is 2.34. The van der Waals surface area contributed by atoms with Crippen LogP contribution in [0, 0.1) is 17.2 Å². The van der Waals surface area contributed by atoms with Gasteiger partial charge in [0.25, 0.3) is 5.91 Å². The Bertz CT molecular complexity index is 1380. The van der Waals surface area contributed by atoms with Crippen LogP contribution < -0.4 is 10.6 Å². The van der Waals surface area contributed by atoms with Gasteiger partial charge in [0.1, 0.15) is 12.2 Å². The minimum absolute atomic E-state index is 0.0783. The van der Waals surface area contributed by atoms with Crippen LogP contribution in [0.4, 0.5) is 23.2 Å². The first-order chi connectivity index (χ1) is 18.3. The molecule has 0 saturated carbocycles. The molecule has 0 aliphatic carbocycles. The van der Waals surface area contributed by atoms with E-state index in [4.69, 9.17) is 5.26 Å². The topological polar surface area (TPSA) is 119 Å². The fraction of sp³-hybridized carbons (Fsp3) is 0.462. The van der Waals surface area contributed by atoms with Gasteiger partial charge in [0.15, 0.2) is 0 Å². The molecule has 3 aromatic rings. The molecule has 39 heavy (non-hydrogen) atoms. The third-order valence-corrected chi connectivity index (χ3v) is 6.60. The van der Waals surface area contributed by atoms with Gasteiger partial charge in [0.05, 0.1) is 58.6 Å². The quantitative estimate of drug-likeness (QED) is 0.352. The second kappa shape index (κ2) is 11.2. The number of halogens is 4. The minimum atomic E-state index is -4.27. The number of aliphatic hydroxyl groups is 1. The van der Waals surface area contributed by atoms with Crippen molar-refractivity contribution in [2.45, 2.75) is 38.2 Å². The number of nitriles is 1. The summed E-state index contributed by atoms with van der Waals surface area (Å²) in [5, 5.41) is 28.9. The molecule has 1 saturated heterocycles. The molecule has 1 amide bonds. The minimum Gasteiger partial charge on any atom is -0.387 e. The number of likely N-dealkylation sites (tertiary alicyclic amines) is 1. The van der Waals surface area contributed by atoms with E-state index in [1.54, 1.807) is 28.8 Å². The van der Waals surface area contributed by atoms with E-state index in [-0.39, 0.29) is 18.0 Å². The van der Waals surface area contributed by atoms with Gasteiger partial charge in [-0.05, 0) is 57.0 Å². The molecule has 13 heteroatoms. The Balaban J connectivity index is 1.57. The zero-order valence-corrected chi connectivity index (χ0v) is 21.5. The van der Waals surface area contributed by atoms with Crippen molar-refractivity contribution in [3.63, 3.8) is 0 Å². The molecule has 4 heterocycles. The molecular weight excluding hydrogens is 518 g/mol. The van der Waals surface area contributed by atoms with Crippen LogP contribution in [-0.2, 0) is 0 Å². The SMILES string of the molecule is CC(C)(O)C(F)CNC(=O)c1cnc(-c2ccc3cc(C#N)cnn23)cc1NCC1CCN(CC(F)(F)F)C1. The monoisotopic (exact) mass is 547 g/mol. The number of amides is 1. The van der Waals surface area contributed by atoms with Gasteiger partial charge in [-0.25, -0.2) is 8.91 Å². The molecule has 4 rings (SSSR count). The second-order valence-electron chi connectivity index (χ2n) is 10.2. The molecule has 3 N–H and O–H groups in total. The number of nitrogens with zero attached hydrogens (tertiary/aromatic N) is 5. The number of hydrogen-bond donors (Lipinski definition) is 3. The van der Waals surface area contributed by atoms with Crippen molar-refractivity contribution in [2.24, 2.45) is 5.92 Å². The van der Waals surface area contributed by atoms with E-state index in [2.05, 4.69) is 20.7 Å². The Morgan fingerprint density at radius 1 is 1.28 bits per heavy atom. The summed E-state index contributed by atoms with van der Waals surface area (Å²) in [5.41, 5.74) is 0.946. The van der Waals surface area contributed by atoms with Gasteiger partial charge in [0.2, 0.25) is 0 Å². The van der Waals surface area contributed by atoms with Crippen molar-refractivity contribution in [2.75, 3.05) is 38.0 Å². The van der Waals surface area contributed by atoms with Gasteiger partial charge in [-0.2, -0.15) is 23.5 Å². The maximum Gasteiger partial charge on any atom is 0.401 e. The molecule has 0 spiro atoms. The zero-order valence-electron chi connectivity index (χ0n) is 21.5. The Kier molecular flexibility index (Phi) is 8.08. The van der Waals surface area contributed by atoms with Gasteiger partial charge < -0.3 is 15.7 Å². The van der Waals surface area contributed by atoms with Crippen molar-refractivity contribution < 1.29 is 27.5 Å². The van der Waals surface area contributed by atoms with Crippen LogP contribution in [0.5, 0.6) is 0 Å². The van der Waals surface area contributed by atoms with E-state index in [9.17, 15) is 27.5 Å². The number of nitrogens with one attached hydrogen (secondary N) is 2. The summed E-state index contributed by atoms with van der Waals surface area (Å²) in [6.07, 6.45) is -2.67. The molecule has 2 unspecified atom stereocenters. The molecule has 0 aromatic carbocycles. The molecule has 0 bridgehead atoms. The van der Waals surface area contributed by atoms with Crippen LogP contribution in [0.15, 0.2) is 36.7 Å². The molecule has 2 atom stereocenters. The number of anilines is 1. The maximum atomic E-state index is 14.2. The lowest BCUT2D eigenvalue weighted by atomic mass is 10.0. The van der Waals surface area contributed by atoms with Gasteiger partial charge in [0, 0.05) is 19.3 Å². The van der Waals surface area contributed by atoms with Crippen LogP contribution in [0.2, 0.25) is 0 Å². The summed E-state index contributed by atoms with van der Waals surface area (Å²) in [7, 11) is 0. The van der Waals surface area contributed by atoms with Crippen molar-refractivity contribution in [1.29, 1.82) is 5.26 Å². The lowest BCUT2D eigenvalue weighted by Crippen LogP contribution is -2.42. The largest absolute Gasteiger partial charge is 0.401 e. The number of carbonyl (C=O) groups excluding carboxylic acids is 1. The standard InChI is InChI=1S/C26H29F4N7O2/c1-25(2,39)23(27)13-34-24(38)19-12-33-21(22-4-3-18-7-17(9-31)11-35-37(18)22)8-20(19)32-10-16-5-6-36(14-16)15-26(28,29)30/h3-4,7-8,11-12,16,23,39H,5-6,10,13-15H2,1-2H3,(H,32,33)(H,34,38). The lowest BCUT2D eigenvalue weighted by molar-refractivity contribution is -0.143. The zero-order chi connectivity index (χ0) is 28.4. The van der Waals surface area contributed by atoms with Crippen LogP contribution in [-0.4, -0.2) is 81.2 Å². The highest BCUT2D eigenvalue weighted by atomic mass is 19.4. The van der Waals surface area contributed by atoms with Crippen LogP contribution in [0.3, 0.4) is 0 Å². The smallest absolute Gasteiger partial charge is 0.387 e. The Hall–Kier alpha value is -3.76. The molecule has 1 fully saturated rings. The molecule has 9 nitrogen and oxygen atoms in total. The molecule has 0 radical (unpaired) electrons. The Morgan fingerprint density at radius 3 is 2.74 bits per heavy atom. The normalized spacial score (nSPS) is 17.2. The summed E-state index contributed by atoms with van der Waals surface area (Å²) in [4.78, 5) is 18.7. The summed E-state index contributed by atoms with van der Waals surface area (Å²) in [5.74, 6) is -0.698. The van der Waals surface area contributed by atoms with E-state index in [1.165, 1.54) is 31.1 Å². The highest BCUT2D eigenvalue weighted by Crippen LogP contribution is 2.27. The van der Waals surface area contributed by atoms with Gasteiger partial charge in [-0.1, -0.05) is 0 Å². The molecule has 1 aliphatic rings. The number of aromatic nitrogens is 3. The predicted molar refractivity (Wildman–Crippen MR) is 136 cm³/mol. The van der Waals surface area contributed by atoms with Crippen molar-refractivity contribution in [1.82, 2.24) is 24.8 Å². The van der Waals surface area contributed by atoms with Gasteiger partial charge in [-0.3, -0.25) is 14.7 Å². The summed E-state index contributed by atoms with van der Waals surface area (Å²) >= 11 is 0. The first-order valence-electron chi connectivity index (χ1n) is 12.4. The summed E-state index contributed by atoms with van der Waals surface area (Å²) in [6.45, 7) is 2.10. The fourth-order valence-corrected chi connectivity index (χ4v) is 4.44. The molecule has 3 aromatic heterocycles. The third kappa shape index (κ3) is 7.01. The molecule has 208 valence electrons. The van der Waals surface area contributed by atoms with E-state index in [0.29, 0.717) is 47.7 Å². The van der Waals surface area contributed by atoms with Gasteiger partial charge in [-0.15, -0.1) is 0 Å². The highest BCUT2D eigenvalue weighted by molar-refractivity contribution is 6.00. The van der Waals surface area contributed by atoms with Crippen LogP contribution in [0.1, 0.15) is 36.2 Å². The van der Waals surface area contributed by atoms with Crippen molar-refractivity contribution in [3.05, 3.63) is 47.8 Å². The molecular formula is C26H29F4N7O2. The van der Waals surface area contributed by atoms with Crippen molar-refractivity contribution in [3.8, 4) is 17.5 Å². The molecule has 1 aliphatic heterocycles.